The molecule has 3 heterocycles. The van der Waals surface area contributed by atoms with Crippen LogP contribution in [0.2, 0.25) is 0 Å². The number of nitrogens with zero attached hydrogens (tertiary/aromatic N) is 3. The molecule has 2 fully saturated rings. The summed E-state index contributed by atoms with van der Waals surface area (Å²) in [5.41, 5.74) is 5.59. The highest BCUT2D eigenvalue weighted by atomic mass is 16.5. The molecule has 0 saturated carbocycles. The molecule has 0 aliphatic carbocycles. The summed E-state index contributed by atoms with van der Waals surface area (Å²) in [6, 6.07) is 0.483. The van der Waals surface area contributed by atoms with Crippen molar-refractivity contribution in [2.24, 2.45) is 5.73 Å². The second-order valence-corrected chi connectivity index (χ2v) is 5.86. The predicted octanol–water partition coefficient (Wildman–Crippen LogP) is 0.426. The van der Waals surface area contributed by atoms with E-state index in [1.165, 1.54) is 0 Å². The van der Waals surface area contributed by atoms with Crippen molar-refractivity contribution in [1.82, 2.24) is 15.0 Å². The molecule has 3 rings (SSSR count). The van der Waals surface area contributed by atoms with Gasteiger partial charge in [0.15, 0.2) is 0 Å². The van der Waals surface area contributed by atoms with Crippen molar-refractivity contribution in [3.63, 3.8) is 0 Å². The van der Waals surface area contributed by atoms with E-state index in [1.54, 1.807) is 0 Å². The second kappa shape index (κ2) is 5.40. The maximum Gasteiger partial charge on any atom is 0.249 e. The molecular weight excluding hydrogens is 260 g/mol. The quantitative estimate of drug-likeness (QED) is 0.860. The lowest BCUT2D eigenvalue weighted by Crippen LogP contribution is -2.42. The molecule has 0 radical (unpaired) electrons. The highest BCUT2D eigenvalue weighted by molar-refractivity contribution is 5.06. The van der Waals surface area contributed by atoms with Gasteiger partial charge in [-0.3, -0.25) is 4.90 Å². The molecule has 7 nitrogen and oxygen atoms in total. The molecule has 7 heteroatoms. The van der Waals surface area contributed by atoms with Crippen molar-refractivity contribution in [3.8, 4) is 0 Å². The van der Waals surface area contributed by atoms with Crippen LogP contribution in [0.5, 0.6) is 0 Å². The molecule has 2 aliphatic heterocycles. The lowest BCUT2D eigenvalue weighted by molar-refractivity contribution is -0.0450. The standard InChI is InChI=1S/C13H22N4O3/c1-9(2)17-4-6-19-10(7-17)11-15-12(20-16-11)13(14)3-5-18-8-13/h9-10H,3-8,14H2,1-2H3. The minimum absolute atomic E-state index is 0.144. The van der Waals surface area contributed by atoms with Crippen LogP contribution in [0.15, 0.2) is 4.52 Å². The van der Waals surface area contributed by atoms with Crippen molar-refractivity contribution >= 4 is 0 Å². The topological polar surface area (TPSA) is 86.6 Å². The van der Waals surface area contributed by atoms with E-state index < -0.39 is 5.54 Å². The summed E-state index contributed by atoms with van der Waals surface area (Å²) in [6.45, 7) is 7.82. The summed E-state index contributed by atoms with van der Waals surface area (Å²) in [5.74, 6) is 1.04. The number of ether oxygens (including phenoxy) is 2. The maximum absolute atomic E-state index is 6.23. The van der Waals surface area contributed by atoms with Gasteiger partial charge in [0.25, 0.3) is 0 Å². The Bertz CT molecular complexity index is 456. The first-order valence-corrected chi connectivity index (χ1v) is 7.15. The molecule has 0 bridgehead atoms. The van der Waals surface area contributed by atoms with Crippen molar-refractivity contribution in [1.29, 1.82) is 0 Å². The van der Waals surface area contributed by atoms with Crippen LogP contribution in [0.4, 0.5) is 0 Å². The molecule has 1 aromatic rings. The molecular formula is C13H22N4O3. The van der Waals surface area contributed by atoms with Gasteiger partial charge in [-0.2, -0.15) is 4.98 Å². The number of hydrogen-bond donors (Lipinski definition) is 1. The van der Waals surface area contributed by atoms with Crippen LogP contribution in [-0.2, 0) is 15.0 Å². The summed E-state index contributed by atoms with van der Waals surface area (Å²) >= 11 is 0. The van der Waals surface area contributed by atoms with E-state index in [0.29, 0.717) is 44.0 Å². The van der Waals surface area contributed by atoms with Gasteiger partial charge in [0.1, 0.15) is 11.6 Å². The highest BCUT2D eigenvalue weighted by Crippen LogP contribution is 2.28. The van der Waals surface area contributed by atoms with E-state index in [4.69, 9.17) is 19.7 Å². The number of morpholine rings is 1. The summed E-state index contributed by atoms with van der Waals surface area (Å²) in [7, 11) is 0. The van der Waals surface area contributed by atoms with Gasteiger partial charge in [-0.25, -0.2) is 0 Å². The van der Waals surface area contributed by atoms with Gasteiger partial charge in [0.05, 0.1) is 13.2 Å². The zero-order chi connectivity index (χ0) is 14.2. The molecule has 112 valence electrons. The molecule has 20 heavy (non-hydrogen) atoms. The fourth-order valence-electron chi connectivity index (χ4n) is 2.61. The van der Waals surface area contributed by atoms with E-state index in [9.17, 15) is 0 Å². The van der Waals surface area contributed by atoms with Crippen LogP contribution in [0.3, 0.4) is 0 Å². The van der Waals surface area contributed by atoms with Gasteiger partial charge < -0.3 is 19.7 Å². The summed E-state index contributed by atoms with van der Waals surface area (Å²) < 4.78 is 16.4. The maximum atomic E-state index is 6.23. The van der Waals surface area contributed by atoms with Crippen molar-refractivity contribution in [2.75, 3.05) is 32.9 Å². The number of nitrogens with two attached hydrogens (primary N) is 1. The third kappa shape index (κ3) is 2.58. The Kier molecular flexibility index (Phi) is 3.76. The fourth-order valence-corrected chi connectivity index (χ4v) is 2.61. The smallest absolute Gasteiger partial charge is 0.249 e. The average Bonchev–Trinajstić information content (AvgIpc) is 3.08. The zero-order valence-electron chi connectivity index (χ0n) is 12.0. The number of aromatic nitrogens is 2. The molecule has 2 saturated heterocycles. The van der Waals surface area contributed by atoms with Crippen molar-refractivity contribution in [3.05, 3.63) is 11.7 Å². The Balaban J connectivity index is 1.73. The minimum atomic E-state index is -0.641. The SMILES string of the molecule is CC(C)N1CCOC(c2noc(C3(N)CCOC3)n2)C1. The largest absolute Gasteiger partial charge is 0.379 e. The summed E-state index contributed by atoms with van der Waals surface area (Å²) in [4.78, 5) is 6.80. The van der Waals surface area contributed by atoms with Gasteiger partial charge in [0.2, 0.25) is 11.7 Å². The molecule has 0 amide bonds. The monoisotopic (exact) mass is 282 g/mol. The molecule has 2 unspecified atom stereocenters. The van der Waals surface area contributed by atoms with Crippen molar-refractivity contribution < 1.29 is 14.0 Å². The van der Waals surface area contributed by atoms with Crippen LogP contribution in [-0.4, -0.2) is 54.0 Å². The molecule has 2 aliphatic rings. The van der Waals surface area contributed by atoms with Crippen LogP contribution < -0.4 is 5.73 Å². The fraction of sp³-hybridized carbons (Fsp3) is 0.846. The average molecular weight is 282 g/mol. The van der Waals surface area contributed by atoms with Crippen LogP contribution in [0.25, 0.3) is 0 Å². The zero-order valence-corrected chi connectivity index (χ0v) is 12.0. The van der Waals surface area contributed by atoms with Gasteiger partial charge in [0, 0.05) is 25.7 Å². The second-order valence-electron chi connectivity index (χ2n) is 5.86. The molecule has 2 atom stereocenters. The van der Waals surface area contributed by atoms with Crippen LogP contribution in [0.1, 0.15) is 38.1 Å². The highest BCUT2D eigenvalue weighted by Gasteiger charge is 2.39. The van der Waals surface area contributed by atoms with Crippen molar-refractivity contribution in [2.45, 2.75) is 38.0 Å². The van der Waals surface area contributed by atoms with E-state index in [1.807, 2.05) is 0 Å². The minimum Gasteiger partial charge on any atom is -0.379 e. The van der Waals surface area contributed by atoms with Gasteiger partial charge in [-0.1, -0.05) is 5.16 Å². The lowest BCUT2D eigenvalue weighted by atomic mass is 10.0. The molecule has 2 N–H and O–H groups in total. The van der Waals surface area contributed by atoms with E-state index in [2.05, 4.69) is 28.9 Å². The first-order valence-electron chi connectivity index (χ1n) is 7.15. The normalized spacial score (nSPS) is 32.1. The third-order valence-electron chi connectivity index (χ3n) is 4.04. The molecule has 0 aromatic carbocycles. The Morgan fingerprint density at radius 3 is 2.95 bits per heavy atom. The number of hydrogen-bond acceptors (Lipinski definition) is 7. The predicted molar refractivity (Wildman–Crippen MR) is 71.0 cm³/mol. The Hall–Kier alpha value is -1.02. The summed E-state index contributed by atoms with van der Waals surface area (Å²) in [6.07, 6.45) is 0.563. The van der Waals surface area contributed by atoms with Crippen LogP contribution >= 0.6 is 0 Å². The van der Waals surface area contributed by atoms with Gasteiger partial charge >= 0.3 is 0 Å². The summed E-state index contributed by atoms with van der Waals surface area (Å²) in [5, 5.41) is 4.05. The van der Waals surface area contributed by atoms with Gasteiger partial charge in [-0.15, -0.1) is 0 Å². The first-order chi connectivity index (χ1) is 9.58. The Morgan fingerprint density at radius 1 is 1.40 bits per heavy atom. The first kappa shape index (κ1) is 13.9. The van der Waals surface area contributed by atoms with Crippen LogP contribution in [0, 0.1) is 0 Å². The molecule has 0 spiro atoms. The van der Waals surface area contributed by atoms with E-state index in [0.717, 1.165) is 13.1 Å². The Morgan fingerprint density at radius 2 is 2.25 bits per heavy atom. The number of rotatable bonds is 3. The third-order valence-corrected chi connectivity index (χ3v) is 4.04. The Labute approximate surface area is 118 Å². The lowest BCUT2D eigenvalue weighted by Gasteiger charge is -2.34. The molecule has 1 aromatic heterocycles. The van der Waals surface area contributed by atoms with E-state index >= 15 is 0 Å². The van der Waals surface area contributed by atoms with Gasteiger partial charge in [-0.05, 0) is 20.3 Å². The van der Waals surface area contributed by atoms with E-state index in [-0.39, 0.29) is 6.10 Å².